The van der Waals surface area contributed by atoms with Crippen molar-refractivity contribution in [2.24, 2.45) is 0 Å². The highest BCUT2D eigenvalue weighted by atomic mass is 32.2. The number of carbonyl (C=O) groups is 1. The molecule has 5 nitrogen and oxygen atoms in total. The monoisotopic (exact) mass is 601 g/mol. The van der Waals surface area contributed by atoms with E-state index in [9.17, 15) is 79.1 Å². The van der Waals surface area contributed by atoms with Gasteiger partial charge in [0.05, 0.1) is 0 Å². The molecule has 0 aliphatic heterocycles. The lowest BCUT2D eigenvalue weighted by Crippen LogP contribution is -2.70. The Bertz CT molecular complexity index is 1020. The first-order valence-electron chi connectivity index (χ1n) is 8.94. The number of rotatable bonds is 12. The van der Waals surface area contributed by atoms with Crippen LogP contribution in [0.2, 0.25) is 0 Å². The van der Waals surface area contributed by atoms with Gasteiger partial charge in [-0.1, -0.05) is 13.5 Å². The van der Waals surface area contributed by atoms with Gasteiger partial charge in [-0.05, 0) is 6.92 Å². The Balaban J connectivity index is 6.58. The molecule has 0 aromatic rings. The van der Waals surface area contributed by atoms with E-state index in [2.05, 4.69) is 11.3 Å². The van der Waals surface area contributed by atoms with Gasteiger partial charge in [-0.2, -0.15) is 65.8 Å². The van der Waals surface area contributed by atoms with E-state index >= 15 is 0 Å². The van der Waals surface area contributed by atoms with Gasteiger partial charge in [0.2, 0.25) is 5.83 Å². The minimum atomic E-state index is -8.47. The Hall–Kier alpha value is -2.19. The molecule has 0 bridgehead atoms. The molecule has 218 valence electrons. The molecule has 0 rings (SSSR count). The second-order valence-corrected chi connectivity index (χ2v) is 8.70. The summed E-state index contributed by atoms with van der Waals surface area (Å²) in [6.07, 6.45) is -7.73. The van der Waals surface area contributed by atoms with E-state index in [-0.39, 0.29) is 5.57 Å². The Kier molecular flexibility index (Phi) is 9.90. The van der Waals surface area contributed by atoms with Crippen LogP contribution in [0.1, 0.15) is 13.8 Å². The number of carbonyl (C=O) groups excluding carboxylic acids is 1. The van der Waals surface area contributed by atoms with Crippen LogP contribution in [-0.2, 0) is 19.6 Å². The lowest BCUT2D eigenvalue weighted by atomic mass is 9.93. The van der Waals surface area contributed by atoms with Crippen LogP contribution in [0.25, 0.3) is 0 Å². The quantitative estimate of drug-likeness (QED) is 0.166. The topological polar surface area (TPSA) is 63.7 Å². The summed E-state index contributed by atoms with van der Waals surface area (Å²) in [5.41, 5.74) is -0.279. The summed E-state index contributed by atoms with van der Waals surface area (Å²) in [5.74, 6) is -46.9. The molecule has 0 unspecified atom stereocenters. The molecule has 0 aromatic carbocycles. The van der Waals surface area contributed by atoms with E-state index in [1.807, 2.05) is 0 Å². The molecule has 0 amide bonds. The van der Waals surface area contributed by atoms with Gasteiger partial charge in [-0.25, -0.2) is 17.6 Å². The summed E-state index contributed by atoms with van der Waals surface area (Å²) in [6.45, 7) is 1.62. The van der Waals surface area contributed by atoms with Gasteiger partial charge in [0.25, 0.3) is 15.2 Å². The van der Waals surface area contributed by atoms with Crippen LogP contribution < -0.4 is 0 Å². The van der Waals surface area contributed by atoms with Crippen molar-refractivity contribution in [3.8, 4) is 0 Å². The van der Waals surface area contributed by atoms with Crippen molar-refractivity contribution in [3.05, 3.63) is 23.1 Å². The Morgan fingerprint density at radius 1 is 0.811 bits per heavy atom. The molecule has 0 saturated carbocycles. The van der Waals surface area contributed by atoms with Crippen LogP contribution in [0.3, 0.4) is 0 Å². The molecule has 0 spiro atoms. The summed E-state index contributed by atoms with van der Waals surface area (Å²) < 4.78 is 226. The van der Waals surface area contributed by atoms with Crippen molar-refractivity contribution in [3.63, 3.8) is 0 Å². The van der Waals surface area contributed by atoms with E-state index in [0.717, 1.165) is 13.8 Å². The molecule has 0 N–H and O–H groups in total. The van der Waals surface area contributed by atoms with Crippen LogP contribution in [-0.4, -0.2) is 74.2 Å². The molecule has 0 aliphatic rings. The van der Waals surface area contributed by atoms with Gasteiger partial charge in [-0.3, -0.25) is 0 Å². The number of nitrogens with zero attached hydrogens (tertiary/aromatic N) is 1. The largest absolute Gasteiger partial charge is 0.461 e. The fourth-order valence-electron chi connectivity index (χ4n) is 2.07. The average molecular weight is 601 g/mol. The van der Waals surface area contributed by atoms with Gasteiger partial charge < -0.3 is 4.74 Å². The van der Waals surface area contributed by atoms with Crippen molar-refractivity contribution < 1.29 is 83.8 Å². The van der Waals surface area contributed by atoms with Crippen LogP contribution in [0.15, 0.2) is 23.1 Å². The fraction of sp³-hybridized carbons (Fsp3) is 0.688. The highest BCUT2D eigenvalue weighted by Gasteiger charge is 2.91. The number of alkyl halides is 13. The number of likely N-dealkylation sites (N-methyl/N-ethyl adjacent to an activating group) is 1. The van der Waals surface area contributed by atoms with Crippen molar-refractivity contribution in [1.82, 2.24) is 4.31 Å². The van der Waals surface area contributed by atoms with Crippen LogP contribution in [0, 0.1) is 0 Å². The zero-order chi connectivity index (χ0) is 30.2. The first-order valence-corrected chi connectivity index (χ1v) is 10.4. The average Bonchev–Trinajstić information content (AvgIpc) is 2.73. The molecule has 37 heavy (non-hydrogen) atoms. The number of hydrogen-bond acceptors (Lipinski definition) is 4. The van der Waals surface area contributed by atoms with Gasteiger partial charge in [-0.15, -0.1) is 0 Å². The normalized spacial score (nSPS) is 15.5. The maximum atomic E-state index is 14.0. The van der Waals surface area contributed by atoms with Crippen LogP contribution >= 0.6 is 0 Å². The third kappa shape index (κ3) is 5.80. The summed E-state index contributed by atoms with van der Waals surface area (Å²) in [6, 6.07) is 0. The predicted molar refractivity (Wildman–Crippen MR) is 92.0 cm³/mol. The third-order valence-corrected chi connectivity index (χ3v) is 5.98. The molecule has 21 heteroatoms. The van der Waals surface area contributed by atoms with Crippen molar-refractivity contribution in [2.75, 3.05) is 19.7 Å². The number of halogens is 15. The van der Waals surface area contributed by atoms with Gasteiger partial charge in [0.1, 0.15) is 6.61 Å². The fourth-order valence-corrected chi connectivity index (χ4v) is 3.31. The minimum Gasteiger partial charge on any atom is -0.461 e. The molecule has 0 heterocycles. The lowest BCUT2D eigenvalue weighted by Gasteiger charge is -2.39. The van der Waals surface area contributed by atoms with Crippen molar-refractivity contribution in [2.45, 2.75) is 49.6 Å². The molecule has 0 radical (unpaired) electrons. The Labute approximate surface area is 197 Å². The SMILES string of the molecule is C=C(C)C(=O)OCCN(CC)S(=O)(=O)C(F)=C(F)C(F)(F)C(F)(F)C(F)(F)C(F)(F)C(F)(F)C(F)(F)F. The number of allylic oxidation sites excluding steroid dienone is 1. The van der Waals surface area contributed by atoms with E-state index in [1.165, 1.54) is 0 Å². The molecular weight excluding hydrogens is 587 g/mol. The standard InChI is InChI=1S/C16H14F15NO4S/c1-4-32(5-6-36-10(33)7(2)3)37(34,35)9(18)8(17)11(19,20)12(21,22)13(23,24)14(25,26)15(27,28)16(29,30)31/h2,4-6H2,1,3H3. The van der Waals surface area contributed by atoms with E-state index in [4.69, 9.17) is 0 Å². The summed E-state index contributed by atoms with van der Waals surface area (Å²) >= 11 is 0. The maximum absolute atomic E-state index is 14.0. The number of esters is 1. The molecule has 0 aromatic heterocycles. The number of hydrogen-bond donors (Lipinski definition) is 0. The maximum Gasteiger partial charge on any atom is 0.460 e. The molecule has 0 aliphatic carbocycles. The predicted octanol–water partition coefficient (Wildman–Crippen LogP) is 5.60. The van der Waals surface area contributed by atoms with Gasteiger partial charge in [0.15, 0.2) is 0 Å². The lowest BCUT2D eigenvalue weighted by molar-refractivity contribution is -0.437. The van der Waals surface area contributed by atoms with Crippen molar-refractivity contribution >= 4 is 16.0 Å². The van der Waals surface area contributed by atoms with E-state index < -0.39 is 86.8 Å². The first kappa shape index (κ1) is 34.8. The molecular formula is C16H14F15NO4S. The highest BCUT2D eigenvalue weighted by molar-refractivity contribution is 7.92. The van der Waals surface area contributed by atoms with Gasteiger partial charge in [0, 0.05) is 18.7 Å². The molecule has 0 fully saturated rings. The second-order valence-electron chi connectivity index (χ2n) is 6.87. The Morgan fingerprint density at radius 2 is 1.22 bits per heavy atom. The summed E-state index contributed by atoms with van der Waals surface area (Å²) in [7, 11) is -6.36. The van der Waals surface area contributed by atoms with E-state index in [1.54, 1.807) is 0 Å². The number of ether oxygens (including phenoxy) is 1. The van der Waals surface area contributed by atoms with E-state index in [0.29, 0.717) is 0 Å². The number of sulfonamides is 1. The van der Waals surface area contributed by atoms with Crippen molar-refractivity contribution in [1.29, 1.82) is 0 Å². The smallest absolute Gasteiger partial charge is 0.460 e. The zero-order valence-electron chi connectivity index (χ0n) is 18.0. The first-order chi connectivity index (χ1) is 16.1. The highest BCUT2D eigenvalue weighted by Crippen LogP contribution is 2.61. The third-order valence-electron chi connectivity index (χ3n) is 4.22. The summed E-state index contributed by atoms with van der Waals surface area (Å²) in [5, 5.41) is -4.02. The minimum absolute atomic E-state index is 0.279. The molecule has 0 saturated heterocycles. The Morgan fingerprint density at radius 3 is 1.57 bits per heavy atom. The summed E-state index contributed by atoms with van der Waals surface area (Å²) in [4.78, 5) is 11.2. The second kappa shape index (κ2) is 10.5. The molecule has 0 atom stereocenters. The van der Waals surface area contributed by atoms with Crippen LogP contribution in [0.4, 0.5) is 65.9 Å². The van der Waals surface area contributed by atoms with Gasteiger partial charge >= 0.3 is 41.8 Å². The zero-order valence-corrected chi connectivity index (χ0v) is 18.8. The van der Waals surface area contributed by atoms with Crippen LogP contribution in [0.5, 0.6) is 0 Å².